The quantitative estimate of drug-likeness (QED) is 0.769. The van der Waals surface area contributed by atoms with Crippen LogP contribution in [-0.4, -0.2) is 6.61 Å². The SMILES string of the molecule is CCOc1ccccc1C(C)N[C@@H](C)c1ccccc1Br. The summed E-state index contributed by atoms with van der Waals surface area (Å²) in [6.07, 6.45) is 0. The van der Waals surface area contributed by atoms with Crippen molar-refractivity contribution >= 4 is 15.9 Å². The first kappa shape index (κ1) is 16.1. The van der Waals surface area contributed by atoms with E-state index in [0.717, 1.165) is 10.2 Å². The molecule has 1 N–H and O–H groups in total. The molecule has 0 aromatic heterocycles. The van der Waals surface area contributed by atoms with Crippen molar-refractivity contribution in [1.82, 2.24) is 5.32 Å². The summed E-state index contributed by atoms with van der Waals surface area (Å²) >= 11 is 3.62. The number of ether oxygens (including phenoxy) is 1. The van der Waals surface area contributed by atoms with E-state index in [9.17, 15) is 0 Å². The summed E-state index contributed by atoms with van der Waals surface area (Å²) in [5.74, 6) is 0.958. The molecular formula is C18H22BrNO. The van der Waals surface area contributed by atoms with Crippen LogP contribution in [0.3, 0.4) is 0 Å². The fourth-order valence-electron chi connectivity index (χ4n) is 2.51. The number of benzene rings is 2. The average molecular weight is 348 g/mol. The van der Waals surface area contributed by atoms with Crippen molar-refractivity contribution in [3.8, 4) is 5.75 Å². The molecule has 0 saturated carbocycles. The third-order valence-electron chi connectivity index (χ3n) is 3.56. The summed E-state index contributed by atoms with van der Waals surface area (Å²) in [6, 6.07) is 17.0. The minimum absolute atomic E-state index is 0.217. The fraction of sp³-hybridized carbons (Fsp3) is 0.333. The lowest BCUT2D eigenvalue weighted by atomic mass is 10.0. The summed E-state index contributed by atoms with van der Waals surface area (Å²) in [5, 5.41) is 3.64. The average Bonchev–Trinajstić information content (AvgIpc) is 2.48. The van der Waals surface area contributed by atoms with E-state index in [0.29, 0.717) is 6.61 Å². The highest BCUT2D eigenvalue weighted by molar-refractivity contribution is 9.10. The fourth-order valence-corrected chi connectivity index (χ4v) is 3.13. The van der Waals surface area contributed by atoms with Crippen LogP contribution in [0.15, 0.2) is 53.0 Å². The van der Waals surface area contributed by atoms with E-state index in [4.69, 9.17) is 4.74 Å². The summed E-state index contributed by atoms with van der Waals surface area (Å²) in [5.41, 5.74) is 2.46. The normalized spacial score (nSPS) is 13.7. The van der Waals surface area contributed by atoms with Gasteiger partial charge in [0, 0.05) is 22.1 Å². The van der Waals surface area contributed by atoms with Crippen LogP contribution in [0, 0.1) is 0 Å². The molecule has 2 aromatic carbocycles. The Morgan fingerprint density at radius 3 is 2.19 bits per heavy atom. The van der Waals surface area contributed by atoms with Crippen molar-refractivity contribution in [3.63, 3.8) is 0 Å². The topological polar surface area (TPSA) is 21.3 Å². The van der Waals surface area contributed by atoms with Gasteiger partial charge in [-0.2, -0.15) is 0 Å². The molecule has 2 rings (SSSR count). The van der Waals surface area contributed by atoms with Gasteiger partial charge in [0.05, 0.1) is 6.61 Å². The molecule has 0 aliphatic heterocycles. The number of nitrogens with one attached hydrogen (secondary N) is 1. The lowest BCUT2D eigenvalue weighted by molar-refractivity contribution is 0.331. The molecule has 0 spiro atoms. The van der Waals surface area contributed by atoms with Crippen LogP contribution in [0.2, 0.25) is 0 Å². The number of halogens is 1. The van der Waals surface area contributed by atoms with Gasteiger partial charge in [0.25, 0.3) is 0 Å². The van der Waals surface area contributed by atoms with Crippen LogP contribution in [0.1, 0.15) is 44.0 Å². The molecular weight excluding hydrogens is 326 g/mol. The standard InChI is InChI=1S/C18H22BrNO/c1-4-21-18-12-8-6-10-16(18)14(3)20-13(2)15-9-5-7-11-17(15)19/h5-14,20H,4H2,1-3H3/t13-,14?/m0/s1. The van der Waals surface area contributed by atoms with Crippen LogP contribution in [0.4, 0.5) is 0 Å². The van der Waals surface area contributed by atoms with Gasteiger partial charge in [-0.3, -0.25) is 0 Å². The largest absolute Gasteiger partial charge is 0.494 e. The van der Waals surface area contributed by atoms with Crippen molar-refractivity contribution in [3.05, 3.63) is 64.1 Å². The monoisotopic (exact) mass is 347 g/mol. The van der Waals surface area contributed by atoms with Gasteiger partial charge in [0.15, 0.2) is 0 Å². The first-order valence-corrected chi connectivity index (χ1v) is 8.15. The Balaban J connectivity index is 2.14. The van der Waals surface area contributed by atoms with Gasteiger partial charge in [-0.1, -0.05) is 52.3 Å². The number of para-hydroxylation sites is 1. The van der Waals surface area contributed by atoms with E-state index < -0.39 is 0 Å². The Kier molecular flexibility index (Phi) is 5.83. The predicted molar refractivity (Wildman–Crippen MR) is 91.7 cm³/mol. The number of hydrogen-bond acceptors (Lipinski definition) is 2. The molecule has 0 aliphatic carbocycles. The second kappa shape index (κ2) is 7.62. The summed E-state index contributed by atoms with van der Waals surface area (Å²) < 4.78 is 6.85. The molecule has 0 aliphatic rings. The van der Waals surface area contributed by atoms with Gasteiger partial charge >= 0.3 is 0 Å². The molecule has 0 bridgehead atoms. The first-order valence-electron chi connectivity index (χ1n) is 7.35. The van der Waals surface area contributed by atoms with Crippen LogP contribution >= 0.6 is 15.9 Å². The number of hydrogen-bond donors (Lipinski definition) is 1. The zero-order valence-electron chi connectivity index (χ0n) is 12.8. The maximum atomic E-state index is 5.72. The minimum atomic E-state index is 0.217. The first-order chi connectivity index (χ1) is 10.1. The molecule has 112 valence electrons. The van der Waals surface area contributed by atoms with Gasteiger partial charge < -0.3 is 10.1 Å². The molecule has 0 radical (unpaired) electrons. The van der Waals surface area contributed by atoms with Crippen LogP contribution in [-0.2, 0) is 0 Å². The Morgan fingerprint density at radius 1 is 0.952 bits per heavy atom. The van der Waals surface area contributed by atoms with Crippen molar-refractivity contribution in [2.24, 2.45) is 0 Å². The molecule has 21 heavy (non-hydrogen) atoms. The van der Waals surface area contributed by atoms with E-state index in [-0.39, 0.29) is 12.1 Å². The second-order valence-corrected chi connectivity index (χ2v) is 5.96. The van der Waals surface area contributed by atoms with E-state index >= 15 is 0 Å². The maximum absolute atomic E-state index is 5.72. The Labute approximate surface area is 135 Å². The second-order valence-electron chi connectivity index (χ2n) is 5.10. The van der Waals surface area contributed by atoms with Crippen LogP contribution in [0.5, 0.6) is 5.75 Å². The smallest absolute Gasteiger partial charge is 0.124 e. The number of rotatable bonds is 6. The minimum Gasteiger partial charge on any atom is -0.494 e. The summed E-state index contributed by atoms with van der Waals surface area (Å²) in [6.45, 7) is 7.05. The Hall–Kier alpha value is -1.32. The van der Waals surface area contributed by atoms with Gasteiger partial charge in [-0.05, 0) is 38.5 Å². The molecule has 3 heteroatoms. The van der Waals surface area contributed by atoms with Crippen molar-refractivity contribution in [2.75, 3.05) is 6.61 Å². The lowest BCUT2D eigenvalue weighted by Crippen LogP contribution is -2.23. The summed E-state index contributed by atoms with van der Waals surface area (Å²) in [7, 11) is 0. The molecule has 2 nitrogen and oxygen atoms in total. The van der Waals surface area contributed by atoms with Crippen LogP contribution < -0.4 is 10.1 Å². The van der Waals surface area contributed by atoms with Gasteiger partial charge in [-0.25, -0.2) is 0 Å². The zero-order valence-corrected chi connectivity index (χ0v) is 14.4. The van der Waals surface area contributed by atoms with E-state index in [1.54, 1.807) is 0 Å². The Morgan fingerprint density at radius 2 is 1.52 bits per heavy atom. The van der Waals surface area contributed by atoms with E-state index in [2.05, 4.69) is 65.4 Å². The van der Waals surface area contributed by atoms with Crippen molar-refractivity contribution in [1.29, 1.82) is 0 Å². The molecule has 0 amide bonds. The predicted octanol–water partition coefficient (Wildman–Crippen LogP) is 5.26. The highest BCUT2D eigenvalue weighted by Crippen LogP contribution is 2.29. The molecule has 2 atom stereocenters. The molecule has 0 heterocycles. The third-order valence-corrected chi connectivity index (χ3v) is 4.28. The molecule has 1 unspecified atom stereocenters. The lowest BCUT2D eigenvalue weighted by Gasteiger charge is -2.23. The Bertz CT molecular complexity index is 585. The van der Waals surface area contributed by atoms with E-state index in [1.165, 1.54) is 11.1 Å². The summed E-state index contributed by atoms with van der Waals surface area (Å²) in [4.78, 5) is 0. The maximum Gasteiger partial charge on any atom is 0.124 e. The van der Waals surface area contributed by atoms with Gasteiger partial charge in [-0.15, -0.1) is 0 Å². The molecule has 0 fully saturated rings. The van der Waals surface area contributed by atoms with Gasteiger partial charge in [0.2, 0.25) is 0 Å². The van der Waals surface area contributed by atoms with E-state index in [1.807, 2.05) is 25.1 Å². The molecule has 2 aromatic rings. The molecule has 0 saturated heterocycles. The highest BCUT2D eigenvalue weighted by atomic mass is 79.9. The highest BCUT2D eigenvalue weighted by Gasteiger charge is 2.15. The van der Waals surface area contributed by atoms with Gasteiger partial charge in [0.1, 0.15) is 5.75 Å². The van der Waals surface area contributed by atoms with Crippen molar-refractivity contribution < 1.29 is 4.74 Å². The van der Waals surface area contributed by atoms with Crippen LogP contribution in [0.25, 0.3) is 0 Å². The third kappa shape index (κ3) is 4.08. The van der Waals surface area contributed by atoms with Crippen molar-refractivity contribution in [2.45, 2.75) is 32.9 Å². The zero-order chi connectivity index (χ0) is 15.2.